The second-order valence-electron chi connectivity index (χ2n) is 7.91. The van der Waals surface area contributed by atoms with Crippen molar-refractivity contribution in [3.8, 4) is 0 Å². The fourth-order valence-electron chi connectivity index (χ4n) is 3.47. The fraction of sp³-hybridized carbons (Fsp3) is 1.00. The minimum Gasteiger partial charge on any atom is -0.396 e. The SMILES string of the molecule is CC1(C)CCC(CO)C1.CC1(C)CCC(CO)C1. The number of aliphatic hydroxyl groups is 2. The summed E-state index contributed by atoms with van der Waals surface area (Å²) in [6, 6.07) is 0. The van der Waals surface area contributed by atoms with Gasteiger partial charge in [-0.05, 0) is 61.2 Å². The van der Waals surface area contributed by atoms with Crippen LogP contribution < -0.4 is 0 Å². The molecule has 2 fully saturated rings. The molecule has 2 N–H and O–H groups in total. The van der Waals surface area contributed by atoms with Crippen molar-refractivity contribution in [3.05, 3.63) is 0 Å². The molecule has 2 aliphatic rings. The van der Waals surface area contributed by atoms with Gasteiger partial charge in [0.2, 0.25) is 0 Å². The van der Waals surface area contributed by atoms with E-state index in [-0.39, 0.29) is 0 Å². The Morgan fingerprint density at radius 2 is 1.11 bits per heavy atom. The second kappa shape index (κ2) is 6.38. The van der Waals surface area contributed by atoms with Gasteiger partial charge in [-0.15, -0.1) is 0 Å². The molecule has 108 valence electrons. The van der Waals surface area contributed by atoms with E-state index in [1.54, 1.807) is 0 Å². The highest BCUT2D eigenvalue weighted by atomic mass is 16.3. The lowest BCUT2D eigenvalue weighted by atomic mass is 9.91. The topological polar surface area (TPSA) is 40.5 Å². The van der Waals surface area contributed by atoms with Gasteiger partial charge in [0.15, 0.2) is 0 Å². The maximum absolute atomic E-state index is 8.80. The molecule has 2 rings (SSSR count). The summed E-state index contributed by atoms with van der Waals surface area (Å²) in [7, 11) is 0. The summed E-state index contributed by atoms with van der Waals surface area (Å²) in [6.07, 6.45) is 7.45. The van der Waals surface area contributed by atoms with Gasteiger partial charge >= 0.3 is 0 Å². The minimum atomic E-state index is 0.392. The molecular formula is C16H32O2. The molecule has 0 heterocycles. The van der Waals surface area contributed by atoms with Crippen LogP contribution in [0.25, 0.3) is 0 Å². The van der Waals surface area contributed by atoms with Crippen LogP contribution >= 0.6 is 0 Å². The summed E-state index contributed by atoms with van der Waals surface area (Å²) in [4.78, 5) is 0. The molecule has 2 atom stereocenters. The normalized spacial score (nSPS) is 33.0. The van der Waals surface area contributed by atoms with Crippen molar-refractivity contribution in [3.63, 3.8) is 0 Å². The lowest BCUT2D eigenvalue weighted by Crippen LogP contribution is -2.06. The summed E-state index contributed by atoms with van der Waals surface area (Å²) in [5, 5.41) is 17.6. The third-order valence-electron chi connectivity index (χ3n) is 4.66. The molecule has 0 amide bonds. The molecule has 0 aromatic heterocycles. The third-order valence-corrected chi connectivity index (χ3v) is 4.66. The largest absolute Gasteiger partial charge is 0.396 e. The van der Waals surface area contributed by atoms with Gasteiger partial charge in [0.05, 0.1) is 0 Å². The van der Waals surface area contributed by atoms with Gasteiger partial charge in [-0.2, -0.15) is 0 Å². The highest BCUT2D eigenvalue weighted by Gasteiger charge is 2.30. The first-order valence-corrected chi connectivity index (χ1v) is 7.50. The predicted molar refractivity (Wildman–Crippen MR) is 76.4 cm³/mol. The lowest BCUT2D eigenvalue weighted by Gasteiger charge is -2.15. The molecule has 0 saturated heterocycles. The summed E-state index contributed by atoms with van der Waals surface area (Å²) in [5.74, 6) is 1.19. The second-order valence-corrected chi connectivity index (χ2v) is 7.91. The average Bonchev–Trinajstić information content (AvgIpc) is 2.81. The van der Waals surface area contributed by atoms with Crippen LogP contribution in [0.1, 0.15) is 66.2 Å². The number of rotatable bonds is 2. The highest BCUT2D eigenvalue weighted by molar-refractivity contribution is 4.81. The van der Waals surface area contributed by atoms with Gasteiger partial charge in [-0.3, -0.25) is 0 Å². The Morgan fingerprint density at radius 3 is 1.22 bits per heavy atom. The molecule has 0 bridgehead atoms. The number of hydrogen-bond donors (Lipinski definition) is 2. The van der Waals surface area contributed by atoms with Gasteiger partial charge in [-0.25, -0.2) is 0 Å². The van der Waals surface area contributed by atoms with Crippen molar-refractivity contribution in [1.82, 2.24) is 0 Å². The molecule has 0 aromatic carbocycles. The van der Waals surface area contributed by atoms with Crippen molar-refractivity contribution in [2.45, 2.75) is 66.2 Å². The van der Waals surface area contributed by atoms with Crippen LogP contribution in [0.15, 0.2) is 0 Å². The van der Waals surface area contributed by atoms with Crippen molar-refractivity contribution in [1.29, 1.82) is 0 Å². The van der Waals surface area contributed by atoms with Crippen molar-refractivity contribution in [2.75, 3.05) is 13.2 Å². The van der Waals surface area contributed by atoms with Crippen molar-refractivity contribution in [2.24, 2.45) is 22.7 Å². The first-order chi connectivity index (χ1) is 8.28. The maximum Gasteiger partial charge on any atom is 0.0459 e. The molecule has 0 aliphatic heterocycles. The van der Waals surface area contributed by atoms with Crippen LogP contribution in [-0.2, 0) is 0 Å². The van der Waals surface area contributed by atoms with E-state index in [4.69, 9.17) is 10.2 Å². The van der Waals surface area contributed by atoms with E-state index in [1.165, 1.54) is 38.5 Å². The highest BCUT2D eigenvalue weighted by Crippen LogP contribution is 2.41. The first kappa shape index (κ1) is 16.0. The van der Waals surface area contributed by atoms with E-state index in [2.05, 4.69) is 27.7 Å². The molecule has 0 radical (unpaired) electrons. The van der Waals surface area contributed by atoms with Crippen LogP contribution in [0.3, 0.4) is 0 Å². The molecule has 2 saturated carbocycles. The van der Waals surface area contributed by atoms with E-state index in [1.807, 2.05) is 0 Å². The van der Waals surface area contributed by atoms with Crippen LogP contribution in [0.2, 0.25) is 0 Å². The van der Waals surface area contributed by atoms with Crippen molar-refractivity contribution < 1.29 is 10.2 Å². The summed E-state index contributed by atoms with van der Waals surface area (Å²) >= 11 is 0. The smallest absolute Gasteiger partial charge is 0.0459 e. The standard InChI is InChI=1S/2C8H16O/c2*1-8(2)4-3-7(5-8)6-9/h2*7,9H,3-6H2,1-2H3. The van der Waals surface area contributed by atoms with Crippen LogP contribution in [-0.4, -0.2) is 23.4 Å². The maximum atomic E-state index is 8.80. The zero-order valence-corrected chi connectivity index (χ0v) is 12.7. The van der Waals surface area contributed by atoms with Crippen LogP contribution in [0.4, 0.5) is 0 Å². The van der Waals surface area contributed by atoms with E-state index in [0.717, 1.165) is 0 Å². The molecule has 2 unspecified atom stereocenters. The zero-order valence-electron chi connectivity index (χ0n) is 12.7. The summed E-state index contributed by atoms with van der Waals surface area (Å²) < 4.78 is 0. The monoisotopic (exact) mass is 256 g/mol. The van der Waals surface area contributed by atoms with Gasteiger partial charge in [0, 0.05) is 13.2 Å². The Kier molecular flexibility index (Phi) is 5.67. The molecular weight excluding hydrogens is 224 g/mol. The molecule has 0 aromatic rings. The first-order valence-electron chi connectivity index (χ1n) is 7.50. The Bertz CT molecular complexity index is 219. The summed E-state index contributed by atoms with van der Waals surface area (Å²) in [6.45, 7) is 9.91. The van der Waals surface area contributed by atoms with E-state index in [9.17, 15) is 0 Å². The van der Waals surface area contributed by atoms with E-state index in [0.29, 0.717) is 35.9 Å². The third kappa shape index (κ3) is 5.27. The Hall–Kier alpha value is -0.0800. The van der Waals surface area contributed by atoms with Gasteiger partial charge in [0.1, 0.15) is 0 Å². The molecule has 2 aliphatic carbocycles. The Labute approximate surface area is 113 Å². The van der Waals surface area contributed by atoms with Gasteiger partial charge in [0.25, 0.3) is 0 Å². The molecule has 18 heavy (non-hydrogen) atoms. The van der Waals surface area contributed by atoms with Crippen LogP contribution in [0.5, 0.6) is 0 Å². The number of aliphatic hydroxyl groups excluding tert-OH is 2. The van der Waals surface area contributed by atoms with Crippen molar-refractivity contribution >= 4 is 0 Å². The molecule has 2 nitrogen and oxygen atoms in total. The zero-order chi connectivity index (χ0) is 13.8. The lowest BCUT2D eigenvalue weighted by molar-refractivity contribution is 0.218. The summed E-state index contributed by atoms with van der Waals surface area (Å²) in [5.41, 5.74) is 1.01. The van der Waals surface area contributed by atoms with Gasteiger partial charge < -0.3 is 10.2 Å². The van der Waals surface area contributed by atoms with Crippen LogP contribution in [0, 0.1) is 22.7 Å². The van der Waals surface area contributed by atoms with E-state index < -0.39 is 0 Å². The van der Waals surface area contributed by atoms with Gasteiger partial charge in [-0.1, -0.05) is 27.7 Å². The molecule has 0 spiro atoms. The fourth-order valence-corrected chi connectivity index (χ4v) is 3.47. The quantitative estimate of drug-likeness (QED) is 0.792. The van der Waals surface area contributed by atoms with E-state index >= 15 is 0 Å². The number of hydrogen-bond acceptors (Lipinski definition) is 2. The predicted octanol–water partition coefficient (Wildman–Crippen LogP) is 3.61. The molecule has 2 heteroatoms. The average molecular weight is 256 g/mol. The Morgan fingerprint density at radius 1 is 0.778 bits per heavy atom. The Balaban J connectivity index is 0.000000180. The minimum absolute atomic E-state index is 0.392.